The summed E-state index contributed by atoms with van der Waals surface area (Å²) < 4.78 is 15.9. The van der Waals surface area contributed by atoms with E-state index in [1.165, 1.54) is 7.11 Å². The molecule has 0 unspecified atom stereocenters. The van der Waals surface area contributed by atoms with E-state index in [0.717, 1.165) is 55.2 Å². The highest BCUT2D eigenvalue weighted by Gasteiger charge is 2.06. The molecule has 1 rings (SSSR count). The lowest BCUT2D eigenvalue weighted by Gasteiger charge is -2.14. The number of nitrogens with one attached hydrogen (secondary N) is 2. The van der Waals surface area contributed by atoms with E-state index in [1.54, 1.807) is 0 Å². The summed E-state index contributed by atoms with van der Waals surface area (Å²) in [7, 11) is 1.42. The van der Waals surface area contributed by atoms with Crippen molar-refractivity contribution in [3.8, 4) is 5.75 Å². The third kappa shape index (κ3) is 11.3. The molecule has 29 heavy (non-hydrogen) atoms. The largest absolute Gasteiger partial charge is 0.491 e. The van der Waals surface area contributed by atoms with Crippen LogP contribution in [0.3, 0.4) is 0 Å². The van der Waals surface area contributed by atoms with Gasteiger partial charge in [0, 0.05) is 31.7 Å². The summed E-state index contributed by atoms with van der Waals surface area (Å²) in [5.41, 5.74) is 2.20. The molecule has 0 spiro atoms. The van der Waals surface area contributed by atoms with Crippen molar-refractivity contribution in [3.05, 3.63) is 29.3 Å². The van der Waals surface area contributed by atoms with E-state index in [1.807, 2.05) is 26.8 Å². The Hall–Kier alpha value is -2.28. The predicted molar refractivity (Wildman–Crippen MR) is 116 cm³/mol. The number of nitrogens with zero attached hydrogens (tertiary/aromatic N) is 1. The first-order chi connectivity index (χ1) is 14.1. The number of unbranched alkanes of at least 4 members (excludes halogenated alkanes) is 2. The third-order valence-corrected chi connectivity index (χ3v) is 4.24. The van der Waals surface area contributed by atoms with E-state index in [9.17, 15) is 4.79 Å². The van der Waals surface area contributed by atoms with Gasteiger partial charge in [-0.1, -0.05) is 18.6 Å². The summed E-state index contributed by atoms with van der Waals surface area (Å²) in [5.74, 6) is 1.48. The van der Waals surface area contributed by atoms with E-state index < -0.39 is 0 Å². The van der Waals surface area contributed by atoms with Gasteiger partial charge in [-0.3, -0.25) is 4.79 Å². The molecule has 0 fully saturated rings. The fourth-order valence-corrected chi connectivity index (χ4v) is 2.67. The van der Waals surface area contributed by atoms with Gasteiger partial charge in [0.2, 0.25) is 0 Å². The molecule has 2 N–H and O–H groups in total. The summed E-state index contributed by atoms with van der Waals surface area (Å²) in [6.07, 6.45) is 3.26. The number of carbonyl (C=O) groups is 1. The number of hydrogen-bond donors (Lipinski definition) is 2. The number of ether oxygens (including phenoxy) is 3. The molecule has 1 aromatic rings. The Kier molecular flexibility index (Phi) is 13.3. The quantitative estimate of drug-likeness (QED) is 0.213. The summed E-state index contributed by atoms with van der Waals surface area (Å²) >= 11 is 0. The van der Waals surface area contributed by atoms with Crippen LogP contribution < -0.4 is 15.4 Å². The molecular formula is C22H37N3O4. The molecule has 0 aliphatic carbocycles. The van der Waals surface area contributed by atoms with Gasteiger partial charge in [0.1, 0.15) is 12.4 Å². The van der Waals surface area contributed by atoms with Gasteiger partial charge in [0.05, 0.1) is 20.3 Å². The standard InChI is InChI=1S/C22H37N3O4/c1-5-23-22(24-13-9-7-8-10-21(26)27-4)25-17-19-12-11-18(3)16-20(19)29-15-14-28-6-2/h11-12,16H,5-10,13-15,17H2,1-4H3,(H2,23,24,25). The zero-order valence-corrected chi connectivity index (χ0v) is 18.4. The van der Waals surface area contributed by atoms with Crippen molar-refractivity contribution in [1.82, 2.24) is 10.6 Å². The second-order valence-corrected chi connectivity index (χ2v) is 6.67. The zero-order valence-electron chi connectivity index (χ0n) is 18.4. The Morgan fingerprint density at radius 2 is 1.93 bits per heavy atom. The van der Waals surface area contributed by atoms with Crippen LogP contribution in [0, 0.1) is 6.92 Å². The Balaban J connectivity index is 2.53. The highest BCUT2D eigenvalue weighted by atomic mass is 16.5. The first-order valence-corrected chi connectivity index (χ1v) is 10.5. The number of benzene rings is 1. The molecule has 0 amide bonds. The number of hydrogen-bond acceptors (Lipinski definition) is 5. The molecule has 0 aromatic heterocycles. The molecule has 0 radical (unpaired) electrons. The Morgan fingerprint density at radius 3 is 2.66 bits per heavy atom. The molecule has 7 heteroatoms. The average Bonchev–Trinajstić information content (AvgIpc) is 2.72. The van der Waals surface area contributed by atoms with Crippen LogP contribution in [0.5, 0.6) is 5.75 Å². The number of esters is 1. The summed E-state index contributed by atoms with van der Waals surface area (Å²) in [4.78, 5) is 15.8. The maximum absolute atomic E-state index is 11.1. The van der Waals surface area contributed by atoms with Crippen LogP contribution in [0.2, 0.25) is 0 Å². The van der Waals surface area contributed by atoms with Crippen molar-refractivity contribution in [2.75, 3.05) is 40.0 Å². The van der Waals surface area contributed by atoms with Gasteiger partial charge in [0.25, 0.3) is 0 Å². The average molecular weight is 408 g/mol. The van der Waals surface area contributed by atoms with Gasteiger partial charge < -0.3 is 24.8 Å². The smallest absolute Gasteiger partial charge is 0.305 e. The molecule has 0 aliphatic rings. The van der Waals surface area contributed by atoms with Gasteiger partial charge in [0.15, 0.2) is 5.96 Å². The third-order valence-electron chi connectivity index (χ3n) is 4.24. The van der Waals surface area contributed by atoms with Crippen molar-refractivity contribution in [1.29, 1.82) is 0 Å². The van der Waals surface area contributed by atoms with Gasteiger partial charge in [-0.15, -0.1) is 0 Å². The normalized spacial score (nSPS) is 11.2. The van der Waals surface area contributed by atoms with Crippen molar-refractivity contribution < 1.29 is 19.0 Å². The maximum Gasteiger partial charge on any atom is 0.305 e. The summed E-state index contributed by atoms with van der Waals surface area (Å²) in [5, 5.41) is 6.61. The zero-order chi connectivity index (χ0) is 21.3. The first-order valence-electron chi connectivity index (χ1n) is 10.5. The minimum absolute atomic E-state index is 0.148. The lowest BCUT2D eigenvalue weighted by atomic mass is 10.1. The summed E-state index contributed by atoms with van der Waals surface area (Å²) in [6.45, 7) is 9.98. The molecular weight excluding hydrogens is 370 g/mol. The van der Waals surface area contributed by atoms with Gasteiger partial charge in [-0.2, -0.15) is 0 Å². The van der Waals surface area contributed by atoms with Crippen LogP contribution in [-0.2, 0) is 20.8 Å². The van der Waals surface area contributed by atoms with Crippen molar-refractivity contribution in [2.45, 2.75) is 53.0 Å². The monoisotopic (exact) mass is 407 g/mol. The maximum atomic E-state index is 11.1. The highest BCUT2D eigenvalue weighted by Crippen LogP contribution is 2.21. The van der Waals surface area contributed by atoms with Crippen LogP contribution in [0.4, 0.5) is 0 Å². The fraction of sp³-hybridized carbons (Fsp3) is 0.636. The van der Waals surface area contributed by atoms with E-state index in [2.05, 4.69) is 32.5 Å². The number of aliphatic imine (C=N–C) groups is 1. The van der Waals surface area contributed by atoms with Gasteiger partial charge >= 0.3 is 5.97 Å². The molecule has 164 valence electrons. The molecule has 0 heterocycles. The summed E-state index contributed by atoms with van der Waals surface area (Å²) in [6, 6.07) is 6.17. The number of carbonyl (C=O) groups excluding carboxylic acids is 1. The molecule has 1 aromatic carbocycles. The molecule has 0 saturated carbocycles. The minimum atomic E-state index is -0.148. The minimum Gasteiger partial charge on any atom is -0.491 e. The second-order valence-electron chi connectivity index (χ2n) is 6.67. The van der Waals surface area contributed by atoms with E-state index in [-0.39, 0.29) is 5.97 Å². The van der Waals surface area contributed by atoms with Gasteiger partial charge in [-0.05, 0) is 45.2 Å². The highest BCUT2D eigenvalue weighted by molar-refractivity contribution is 5.79. The fourth-order valence-electron chi connectivity index (χ4n) is 2.67. The topological polar surface area (TPSA) is 81.2 Å². The van der Waals surface area contributed by atoms with E-state index >= 15 is 0 Å². The lowest BCUT2D eigenvalue weighted by molar-refractivity contribution is -0.140. The van der Waals surface area contributed by atoms with Crippen molar-refractivity contribution in [3.63, 3.8) is 0 Å². The predicted octanol–water partition coefficient (Wildman–Crippen LogP) is 3.20. The number of aryl methyl sites for hydroxylation is 1. The van der Waals surface area contributed by atoms with Crippen molar-refractivity contribution in [2.24, 2.45) is 4.99 Å². The first kappa shape index (κ1) is 24.8. The van der Waals surface area contributed by atoms with Crippen LogP contribution in [-0.4, -0.2) is 51.9 Å². The van der Waals surface area contributed by atoms with Crippen LogP contribution in [0.15, 0.2) is 23.2 Å². The van der Waals surface area contributed by atoms with E-state index in [4.69, 9.17) is 9.47 Å². The van der Waals surface area contributed by atoms with Crippen molar-refractivity contribution >= 4 is 11.9 Å². The molecule has 0 aliphatic heterocycles. The number of methoxy groups -OCH3 is 1. The van der Waals surface area contributed by atoms with Crippen LogP contribution in [0.1, 0.15) is 50.7 Å². The Morgan fingerprint density at radius 1 is 1.10 bits per heavy atom. The Labute approximate surface area is 175 Å². The Bertz CT molecular complexity index is 620. The second kappa shape index (κ2) is 15.6. The van der Waals surface area contributed by atoms with E-state index in [0.29, 0.717) is 32.8 Å². The molecule has 0 atom stereocenters. The molecule has 0 bridgehead atoms. The molecule has 7 nitrogen and oxygen atoms in total. The lowest BCUT2D eigenvalue weighted by Crippen LogP contribution is -2.37. The SMILES string of the molecule is CCNC(=NCc1ccc(C)cc1OCCOCC)NCCCCCC(=O)OC. The van der Waals surface area contributed by atoms with Crippen LogP contribution >= 0.6 is 0 Å². The number of rotatable bonds is 14. The van der Waals surface area contributed by atoms with Gasteiger partial charge in [-0.25, -0.2) is 4.99 Å². The van der Waals surface area contributed by atoms with Crippen LogP contribution in [0.25, 0.3) is 0 Å². The number of guanidine groups is 1. The molecule has 0 saturated heterocycles.